The maximum Gasteiger partial charge on any atom is 0.338 e. The maximum atomic E-state index is 13.6. The Morgan fingerprint density at radius 1 is 1.00 bits per heavy atom. The van der Waals surface area contributed by atoms with Crippen molar-refractivity contribution in [2.75, 3.05) is 31.2 Å². The van der Waals surface area contributed by atoms with Crippen LogP contribution in [0.5, 0.6) is 11.5 Å². The van der Waals surface area contributed by atoms with Gasteiger partial charge in [0.2, 0.25) is 0 Å². The Morgan fingerprint density at radius 3 is 2.56 bits per heavy atom. The lowest BCUT2D eigenvalue weighted by molar-refractivity contribution is 0.0448. The number of methoxy groups -OCH3 is 1. The van der Waals surface area contributed by atoms with Gasteiger partial charge < -0.3 is 14.2 Å². The highest BCUT2D eigenvalue weighted by atomic mass is 32.2. The molecule has 0 aliphatic carbocycles. The Labute approximate surface area is 197 Å². The predicted octanol–water partition coefficient (Wildman–Crippen LogP) is 4.21. The summed E-state index contributed by atoms with van der Waals surface area (Å²) in [5.74, 6) is -1.06. The van der Waals surface area contributed by atoms with Gasteiger partial charge in [0.15, 0.2) is 11.6 Å². The number of rotatable bonds is 8. The smallest absolute Gasteiger partial charge is 0.338 e. The summed E-state index contributed by atoms with van der Waals surface area (Å²) < 4.78 is 57.9. The molecular weight excluding hydrogens is 461 g/mol. The van der Waals surface area contributed by atoms with E-state index in [1.165, 1.54) is 41.7 Å². The number of hydrogen-bond acceptors (Lipinski definition) is 6. The monoisotopic (exact) mass is 485 g/mol. The average Bonchev–Trinajstić information content (AvgIpc) is 2.86. The molecule has 3 aromatic rings. The van der Waals surface area contributed by atoms with Crippen molar-refractivity contribution in [3.05, 3.63) is 83.7 Å². The number of benzene rings is 3. The summed E-state index contributed by atoms with van der Waals surface area (Å²) in [7, 11) is -2.63. The van der Waals surface area contributed by atoms with Gasteiger partial charge in [-0.1, -0.05) is 30.3 Å². The first kappa shape index (κ1) is 23.6. The minimum atomic E-state index is -4.01. The molecule has 0 unspecified atom stereocenters. The van der Waals surface area contributed by atoms with Crippen LogP contribution in [0.2, 0.25) is 0 Å². The number of sulfonamides is 1. The predicted molar refractivity (Wildman–Crippen MR) is 124 cm³/mol. The number of nitrogens with zero attached hydrogens (tertiary/aromatic N) is 1. The van der Waals surface area contributed by atoms with E-state index in [9.17, 15) is 17.6 Å². The van der Waals surface area contributed by atoms with Gasteiger partial charge in [0.25, 0.3) is 10.0 Å². The lowest BCUT2D eigenvalue weighted by Crippen LogP contribution is -2.35. The molecule has 34 heavy (non-hydrogen) atoms. The van der Waals surface area contributed by atoms with Crippen molar-refractivity contribution >= 4 is 21.7 Å². The van der Waals surface area contributed by atoms with Crippen LogP contribution in [-0.2, 0) is 21.2 Å². The van der Waals surface area contributed by atoms with E-state index in [1.807, 2.05) is 12.1 Å². The number of halogens is 1. The van der Waals surface area contributed by atoms with Crippen molar-refractivity contribution in [2.24, 2.45) is 0 Å². The molecule has 1 heterocycles. The first-order chi connectivity index (χ1) is 16.4. The second kappa shape index (κ2) is 10.1. The van der Waals surface area contributed by atoms with Crippen LogP contribution in [0.1, 0.15) is 22.3 Å². The second-order valence-corrected chi connectivity index (χ2v) is 9.42. The van der Waals surface area contributed by atoms with E-state index in [2.05, 4.69) is 0 Å². The molecule has 3 aromatic carbocycles. The normalized spacial score (nSPS) is 13.2. The largest absolute Gasteiger partial charge is 0.495 e. The third-order valence-corrected chi connectivity index (χ3v) is 7.28. The van der Waals surface area contributed by atoms with Gasteiger partial charge in [0.1, 0.15) is 23.9 Å². The number of anilines is 1. The van der Waals surface area contributed by atoms with Crippen LogP contribution in [0.4, 0.5) is 10.1 Å². The van der Waals surface area contributed by atoms with Crippen LogP contribution in [0, 0.1) is 5.82 Å². The van der Waals surface area contributed by atoms with Gasteiger partial charge in [-0.05, 0) is 54.8 Å². The number of hydrogen-bond donors (Lipinski definition) is 0. The van der Waals surface area contributed by atoms with Crippen molar-refractivity contribution in [3.8, 4) is 11.5 Å². The van der Waals surface area contributed by atoms with Gasteiger partial charge in [0, 0.05) is 6.54 Å². The van der Waals surface area contributed by atoms with Crippen LogP contribution >= 0.6 is 0 Å². The number of carbonyl (C=O) groups excluding carboxylic acids is 1. The topological polar surface area (TPSA) is 82.1 Å². The Kier molecular flexibility index (Phi) is 7.02. The van der Waals surface area contributed by atoms with Crippen LogP contribution in [0.3, 0.4) is 0 Å². The number of carbonyl (C=O) groups is 1. The van der Waals surface area contributed by atoms with Crippen molar-refractivity contribution in [1.82, 2.24) is 0 Å². The molecule has 0 saturated heterocycles. The molecule has 0 amide bonds. The Balaban J connectivity index is 1.52. The lowest BCUT2D eigenvalue weighted by atomic mass is 10.0. The molecule has 0 saturated carbocycles. The first-order valence-corrected chi connectivity index (χ1v) is 12.2. The number of aryl methyl sites for hydroxylation is 1. The lowest BCUT2D eigenvalue weighted by Gasteiger charge is -2.30. The summed E-state index contributed by atoms with van der Waals surface area (Å²) in [6, 6.07) is 17.4. The minimum Gasteiger partial charge on any atom is -0.495 e. The van der Waals surface area contributed by atoms with Gasteiger partial charge in [-0.3, -0.25) is 4.31 Å². The quantitative estimate of drug-likeness (QED) is 0.351. The number of para-hydroxylation sites is 2. The molecule has 1 aliphatic rings. The molecule has 0 aromatic heterocycles. The summed E-state index contributed by atoms with van der Waals surface area (Å²) in [6.07, 6.45) is 1.48. The molecule has 0 N–H and O–H groups in total. The van der Waals surface area contributed by atoms with Crippen molar-refractivity contribution in [2.45, 2.75) is 17.7 Å². The van der Waals surface area contributed by atoms with Crippen molar-refractivity contribution < 1.29 is 31.8 Å². The number of esters is 1. The van der Waals surface area contributed by atoms with Crippen LogP contribution in [0.15, 0.2) is 71.6 Å². The van der Waals surface area contributed by atoms with E-state index in [-0.39, 0.29) is 35.2 Å². The van der Waals surface area contributed by atoms with Crippen molar-refractivity contribution in [1.29, 1.82) is 0 Å². The highest BCUT2D eigenvalue weighted by molar-refractivity contribution is 7.93. The molecule has 0 bridgehead atoms. The molecule has 0 radical (unpaired) electrons. The molecule has 9 heteroatoms. The highest BCUT2D eigenvalue weighted by Gasteiger charge is 2.32. The SMILES string of the molecule is COc1ccc(C(=O)OCCOc2ccccc2F)cc1S(=O)(=O)N1CCCc2ccccc21. The summed E-state index contributed by atoms with van der Waals surface area (Å²) in [5, 5.41) is 0. The zero-order valence-electron chi connectivity index (χ0n) is 18.6. The molecule has 0 fully saturated rings. The number of ether oxygens (including phenoxy) is 3. The highest BCUT2D eigenvalue weighted by Crippen LogP contribution is 2.35. The summed E-state index contributed by atoms with van der Waals surface area (Å²) >= 11 is 0. The average molecular weight is 486 g/mol. The van der Waals surface area contributed by atoms with Crippen LogP contribution in [0.25, 0.3) is 0 Å². The Hall–Kier alpha value is -3.59. The third kappa shape index (κ3) is 4.84. The molecular formula is C25H24FNO6S. The van der Waals surface area contributed by atoms with E-state index in [4.69, 9.17) is 14.2 Å². The fourth-order valence-electron chi connectivity index (χ4n) is 3.80. The zero-order valence-corrected chi connectivity index (χ0v) is 19.4. The zero-order chi connectivity index (χ0) is 24.1. The molecule has 0 atom stereocenters. The third-order valence-electron chi connectivity index (χ3n) is 5.45. The molecule has 7 nitrogen and oxygen atoms in total. The van der Waals surface area contributed by atoms with Gasteiger partial charge in [-0.15, -0.1) is 0 Å². The molecule has 4 rings (SSSR count). The van der Waals surface area contributed by atoms with E-state index >= 15 is 0 Å². The Morgan fingerprint density at radius 2 is 1.76 bits per heavy atom. The van der Waals surface area contributed by atoms with Gasteiger partial charge in [-0.2, -0.15) is 0 Å². The van der Waals surface area contributed by atoms with E-state index < -0.39 is 21.8 Å². The van der Waals surface area contributed by atoms with Gasteiger partial charge >= 0.3 is 5.97 Å². The second-order valence-electron chi connectivity index (χ2n) is 7.59. The fraction of sp³-hybridized carbons (Fsp3) is 0.240. The summed E-state index contributed by atoms with van der Waals surface area (Å²) in [5.41, 5.74) is 1.62. The Bertz CT molecular complexity index is 1290. The fourth-order valence-corrected chi connectivity index (χ4v) is 5.53. The standard InChI is InChI=1S/C25H24FNO6S/c1-31-23-13-12-19(25(28)33-16-15-32-22-11-5-3-9-20(22)26)17-24(23)34(29,30)27-14-6-8-18-7-2-4-10-21(18)27/h2-5,7,9-13,17H,6,8,14-16H2,1H3. The van der Waals surface area contributed by atoms with Crippen molar-refractivity contribution in [3.63, 3.8) is 0 Å². The maximum absolute atomic E-state index is 13.6. The van der Waals surface area contributed by atoms with E-state index in [1.54, 1.807) is 24.3 Å². The molecule has 178 valence electrons. The van der Waals surface area contributed by atoms with E-state index in [0.29, 0.717) is 18.7 Å². The van der Waals surface area contributed by atoms with Gasteiger partial charge in [-0.25, -0.2) is 17.6 Å². The first-order valence-electron chi connectivity index (χ1n) is 10.7. The molecule has 0 spiro atoms. The van der Waals surface area contributed by atoms with Gasteiger partial charge in [0.05, 0.1) is 18.4 Å². The van der Waals surface area contributed by atoms with Crippen LogP contribution < -0.4 is 13.8 Å². The van der Waals surface area contributed by atoms with E-state index in [0.717, 1.165) is 12.0 Å². The number of fused-ring (bicyclic) bond motifs is 1. The molecule has 1 aliphatic heterocycles. The van der Waals surface area contributed by atoms with Crippen LogP contribution in [-0.4, -0.2) is 41.3 Å². The summed E-state index contributed by atoms with van der Waals surface area (Å²) in [6.45, 7) is 0.129. The minimum absolute atomic E-state index is 0.0514. The summed E-state index contributed by atoms with van der Waals surface area (Å²) in [4.78, 5) is 12.5.